The fourth-order valence-electron chi connectivity index (χ4n) is 1.19. The number of hydroxylamine groups is 2. The lowest BCUT2D eigenvalue weighted by atomic mass is 10.4. The van der Waals surface area contributed by atoms with Gasteiger partial charge >= 0.3 is 0 Å². The Labute approximate surface area is 92.2 Å². The second-order valence-corrected chi connectivity index (χ2v) is 4.10. The molecule has 1 aliphatic heterocycles. The first kappa shape index (κ1) is 10.2. The van der Waals surface area contributed by atoms with E-state index in [2.05, 4.69) is 5.32 Å². The number of aryl methyl sites for hydroxylation is 1. The van der Waals surface area contributed by atoms with Gasteiger partial charge in [0.1, 0.15) is 10.8 Å². The Balaban J connectivity index is 1.76. The Hall–Kier alpha value is -1.33. The third-order valence-electron chi connectivity index (χ3n) is 1.92. The zero-order valence-electron chi connectivity index (χ0n) is 8.09. The van der Waals surface area contributed by atoms with Crippen molar-refractivity contribution in [2.75, 3.05) is 5.75 Å². The van der Waals surface area contributed by atoms with Crippen molar-refractivity contribution >= 4 is 11.8 Å². The van der Waals surface area contributed by atoms with Crippen LogP contribution < -0.4 is 5.32 Å². The number of nitrogens with one attached hydrogen (secondary N) is 1. The highest BCUT2D eigenvalue weighted by Crippen LogP contribution is 2.21. The van der Waals surface area contributed by atoms with Gasteiger partial charge in [-0.2, -0.15) is 0 Å². The van der Waals surface area contributed by atoms with E-state index in [1.54, 1.807) is 36.6 Å². The van der Waals surface area contributed by atoms with Gasteiger partial charge in [-0.3, -0.25) is 5.21 Å². The van der Waals surface area contributed by atoms with Crippen molar-refractivity contribution in [2.45, 2.75) is 6.42 Å². The SMILES string of the molecule is ON1C=CNC=C1SCCc1ccco1. The molecular formula is C10H12N2O2S. The van der Waals surface area contributed by atoms with Crippen LogP contribution in [0, 0.1) is 0 Å². The van der Waals surface area contributed by atoms with Gasteiger partial charge in [0.05, 0.1) is 6.26 Å². The highest BCUT2D eigenvalue weighted by Gasteiger charge is 2.07. The van der Waals surface area contributed by atoms with Gasteiger partial charge in [-0.15, -0.1) is 11.8 Å². The predicted molar refractivity (Wildman–Crippen MR) is 58.9 cm³/mol. The molecule has 0 aliphatic carbocycles. The third-order valence-corrected chi connectivity index (χ3v) is 2.93. The summed E-state index contributed by atoms with van der Waals surface area (Å²) in [6.45, 7) is 0. The van der Waals surface area contributed by atoms with Gasteiger partial charge in [0, 0.05) is 30.8 Å². The van der Waals surface area contributed by atoms with Crippen molar-refractivity contribution in [1.29, 1.82) is 0 Å². The summed E-state index contributed by atoms with van der Waals surface area (Å²) in [5.74, 6) is 1.83. The molecular weight excluding hydrogens is 212 g/mol. The highest BCUT2D eigenvalue weighted by molar-refractivity contribution is 8.02. The summed E-state index contributed by atoms with van der Waals surface area (Å²) < 4.78 is 5.21. The van der Waals surface area contributed by atoms with E-state index in [1.807, 2.05) is 12.1 Å². The quantitative estimate of drug-likeness (QED) is 0.820. The monoisotopic (exact) mass is 224 g/mol. The summed E-state index contributed by atoms with van der Waals surface area (Å²) in [5, 5.41) is 14.2. The molecule has 0 atom stereocenters. The van der Waals surface area contributed by atoms with E-state index in [1.165, 1.54) is 0 Å². The summed E-state index contributed by atoms with van der Waals surface area (Å²) in [6, 6.07) is 3.83. The summed E-state index contributed by atoms with van der Waals surface area (Å²) in [4.78, 5) is 0. The van der Waals surface area contributed by atoms with E-state index >= 15 is 0 Å². The van der Waals surface area contributed by atoms with Crippen LogP contribution in [-0.2, 0) is 6.42 Å². The first-order chi connectivity index (χ1) is 7.36. The van der Waals surface area contributed by atoms with Gasteiger partial charge in [-0.1, -0.05) is 0 Å². The topological polar surface area (TPSA) is 48.6 Å². The minimum atomic E-state index is 0.782. The Bertz CT molecular complexity index is 360. The minimum absolute atomic E-state index is 0.782. The molecule has 4 nitrogen and oxygen atoms in total. The van der Waals surface area contributed by atoms with E-state index in [4.69, 9.17) is 4.42 Å². The largest absolute Gasteiger partial charge is 0.469 e. The standard InChI is InChI=1S/C10H12N2O2S/c13-12-5-4-11-8-10(12)15-7-3-9-2-1-6-14-9/h1-2,4-6,8,11,13H,3,7H2. The van der Waals surface area contributed by atoms with E-state index < -0.39 is 0 Å². The second-order valence-electron chi connectivity index (χ2n) is 2.99. The Morgan fingerprint density at radius 3 is 3.20 bits per heavy atom. The molecule has 5 heteroatoms. The number of thioether (sulfide) groups is 1. The zero-order chi connectivity index (χ0) is 10.5. The molecule has 0 saturated heterocycles. The summed E-state index contributed by atoms with van der Waals surface area (Å²) in [6.07, 6.45) is 7.51. The maximum Gasteiger partial charge on any atom is 0.118 e. The van der Waals surface area contributed by atoms with Gasteiger partial charge in [0.2, 0.25) is 0 Å². The van der Waals surface area contributed by atoms with Crippen LogP contribution in [-0.4, -0.2) is 16.0 Å². The van der Waals surface area contributed by atoms with E-state index in [9.17, 15) is 5.21 Å². The molecule has 15 heavy (non-hydrogen) atoms. The molecule has 0 saturated carbocycles. The maximum absolute atomic E-state index is 9.42. The molecule has 1 aliphatic rings. The van der Waals surface area contributed by atoms with E-state index in [0.717, 1.165) is 28.0 Å². The lowest BCUT2D eigenvalue weighted by Crippen LogP contribution is -2.17. The number of nitrogens with zero attached hydrogens (tertiary/aromatic N) is 1. The fourth-order valence-corrected chi connectivity index (χ4v) is 2.05. The number of hydrogen-bond donors (Lipinski definition) is 2. The van der Waals surface area contributed by atoms with Crippen molar-refractivity contribution in [1.82, 2.24) is 10.4 Å². The molecule has 80 valence electrons. The number of hydrogen-bond acceptors (Lipinski definition) is 5. The third kappa shape index (κ3) is 2.81. The molecule has 1 aromatic rings. The fraction of sp³-hybridized carbons (Fsp3) is 0.200. The molecule has 2 rings (SSSR count). The molecule has 0 amide bonds. The van der Waals surface area contributed by atoms with Crippen LogP contribution in [0.25, 0.3) is 0 Å². The van der Waals surface area contributed by atoms with Gasteiger partial charge in [0.25, 0.3) is 0 Å². The summed E-state index contributed by atoms with van der Waals surface area (Å²) in [7, 11) is 0. The van der Waals surface area contributed by atoms with Crippen molar-refractivity contribution in [3.63, 3.8) is 0 Å². The summed E-state index contributed by atoms with van der Waals surface area (Å²) in [5.41, 5.74) is 0. The molecule has 0 bridgehead atoms. The van der Waals surface area contributed by atoms with Crippen molar-refractivity contribution < 1.29 is 9.62 Å². The summed E-state index contributed by atoms with van der Waals surface area (Å²) >= 11 is 1.57. The average molecular weight is 224 g/mol. The molecule has 1 aromatic heterocycles. The molecule has 0 fully saturated rings. The second kappa shape index (κ2) is 4.95. The lowest BCUT2D eigenvalue weighted by molar-refractivity contribution is 0.00413. The molecule has 2 heterocycles. The van der Waals surface area contributed by atoms with Crippen molar-refractivity contribution in [2.24, 2.45) is 0 Å². The Morgan fingerprint density at radius 2 is 2.47 bits per heavy atom. The lowest BCUT2D eigenvalue weighted by Gasteiger charge is -2.18. The van der Waals surface area contributed by atoms with Crippen LogP contribution in [0.1, 0.15) is 5.76 Å². The number of rotatable bonds is 4. The normalized spacial score (nSPS) is 15.0. The highest BCUT2D eigenvalue weighted by atomic mass is 32.2. The molecule has 0 spiro atoms. The molecule has 2 N–H and O–H groups in total. The molecule has 0 radical (unpaired) electrons. The van der Waals surface area contributed by atoms with Gasteiger partial charge in [0.15, 0.2) is 0 Å². The van der Waals surface area contributed by atoms with Gasteiger partial charge < -0.3 is 9.73 Å². The molecule has 0 aromatic carbocycles. The smallest absolute Gasteiger partial charge is 0.118 e. The molecule has 0 unspecified atom stereocenters. The Morgan fingerprint density at radius 1 is 1.53 bits per heavy atom. The van der Waals surface area contributed by atoms with Crippen molar-refractivity contribution in [3.05, 3.63) is 47.8 Å². The Kier molecular flexibility index (Phi) is 3.37. The first-order valence-electron chi connectivity index (χ1n) is 4.62. The first-order valence-corrected chi connectivity index (χ1v) is 5.61. The zero-order valence-corrected chi connectivity index (χ0v) is 8.91. The van der Waals surface area contributed by atoms with Gasteiger partial charge in [-0.25, -0.2) is 5.06 Å². The van der Waals surface area contributed by atoms with Gasteiger partial charge in [-0.05, 0) is 12.1 Å². The van der Waals surface area contributed by atoms with Crippen LogP contribution in [0.4, 0.5) is 0 Å². The minimum Gasteiger partial charge on any atom is -0.469 e. The van der Waals surface area contributed by atoms with Crippen LogP contribution in [0.5, 0.6) is 0 Å². The predicted octanol–water partition coefficient (Wildman–Crippen LogP) is 2.12. The average Bonchev–Trinajstić information content (AvgIpc) is 2.74. The van der Waals surface area contributed by atoms with Crippen LogP contribution in [0.2, 0.25) is 0 Å². The van der Waals surface area contributed by atoms with Crippen LogP contribution >= 0.6 is 11.8 Å². The van der Waals surface area contributed by atoms with Crippen LogP contribution in [0.15, 0.2) is 46.4 Å². The van der Waals surface area contributed by atoms with E-state index in [0.29, 0.717) is 0 Å². The number of furan rings is 1. The van der Waals surface area contributed by atoms with E-state index in [-0.39, 0.29) is 0 Å². The van der Waals surface area contributed by atoms with Crippen LogP contribution in [0.3, 0.4) is 0 Å². The van der Waals surface area contributed by atoms with Crippen molar-refractivity contribution in [3.8, 4) is 0 Å². The maximum atomic E-state index is 9.42.